The number of alkyl halides is 3. The lowest BCUT2D eigenvalue weighted by Crippen LogP contribution is -2.37. The van der Waals surface area contributed by atoms with Crippen LogP contribution in [0.25, 0.3) is 0 Å². The van der Waals surface area contributed by atoms with Crippen molar-refractivity contribution < 1.29 is 22.6 Å². The molecule has 0 aliphatic carbocycles. The molecular formula is C11H16F3N5O2. The Hall–Kier alpha value is -1.84. The van der Waals surface area contributed by atoms with Crippen molar-refractivity contribution in [2.45, 2.75) is 13.1 Å². The number of halogens is 3. The first-order valence-electron chi connectivity index (χ1n) is 6.50. The number of rotatable bonds is 5. The minimum absolute atomic E-state index is 0.186. The van der Waals surface area contributed by atoms with E-state index >= 15 is 0 Å². The van der Waals surface area contributed by atoms with Crippen LogP contribution >= 0.6 is 0 Å². The maximum absolute atomic E-state index is 12.2. The third-order valence-corrected chi connectivity index (χ3v) is 2.60. The molecule has 7 nitrogen and oxygen atoms in total. The van der Waals surface area contributed by atoms with Gasteiger partial charge in [0, 0.05) is 19.6 Å². The van der Waals surface area contributed by atoms with Crippen LogP contribution < -0.4 is 15.0 Å². The first-order valence-corrected chi connectivity index (χ1v) is 6.50. The molecule has 0 aromatic carbocycles. The Morgan fingerprint density at radius 2 is 1.95 bits per heavy atom. The summed E-state index contributed by atoms with van der Waals surface area (Å²) in [7, 11) is 0. The van der Waals surface area contributed by atoms with E-state index < -0.39 is 12.8 Å². The van der Waals surface area contributed by atoms with Gasteiger partial charge in [0.2, 0.25) is 11.9 Å². The monoisotopic (exact) mass is 307 g/mol. The van der Waals surface area contributed by atoms with Crippen LogP contribution in [-0.4, -0.2) is 60.6 Å². The van der Waals surface area contributed by atoms with Crippen molar-refractivity contribution in [3.8, 4) is 6.01 Å². The Morgan fingerprint density at radius 3 is 2.57 bits per heavy atom. The van der Waals surface area contributed by atoms with Crippen LogP contribution in [0.2, 0.25) is 0 Å². The Kier molecular flexibility index (Phi) is 4.99. The molecule has 10 heteroatoms. The standard InChI is InChI=1S/C11H16F3N5O2/c1-2-15-8-16-9(19-3-5-20-6-4-19)18-10(17-8)21-7-11(12,13)14/h2-7H2,1H3,(H,15,16,17,18). The molecule has 0 spiro atoms. The van der Waals surface area contributed by atoms with Gasteiger partial charge in [-0.3, -0.25) is 0 Å². The zero-order valence-corrected chi connectivity index (χ0v) is 11.5. The van der Waals surface area contributed by atoms with Gasteiger partial charge >= 0.3 is 12.2 Å². The third-order valence-electron chi connectivity index (χ3n) is 2.60. The topological polar surface area (TPSA) is 72.4 Å². The van der Waals surface area contributed by atoms with E-state index in [1.54, 1.807) is 0 Å². The van der Waals surface area contributed by atoms with E-state index in [9.17, 15) is 13.2 Å². The number of aromatic nitrogens is 3. The van der Waals surface area contributed by atoms with Gasteiger partial charge in [0.15, 0.2) is 6.61 Å². The molecule has 118 valence electrons. The van der Waals surface area contributed by atoms with E-state index in [-0.39, 0.29) is 17.9 Å². The van der Waals surface area contributed by atoms with Gasteiger partial charge in [0.1, 0.15) is 0 Å². The van der Waals surface area contributed by atoms with Gasteiger partial charge in [0.05, 0.1) is 13.2 Å². The maximum Gasteiger partial charge on any atom is 0.422 e. The van der Waals surface area contributed by atoms with E-state index in [1.165, 1.54) is 0 Å². The van der Waals surface area contributed by atoms with Gasteiger partial charge in [-0.15, -0.1) is 0 Å². The highest BCUT2D eigenvalue weighted by Crippen LogP contribution is 2.19. The number of hydrogen-bond acceptors (Lipinski definition) is 7. The fourth-order valence-corrected chi connectivity index (χ4v) is 1.70. The number of ether oxygens (including phenoxy) is 2. The van der Waals surface area contributed by atoms with Crippen molar-refractivity contribution in [1.82, 2.24) is 15.0 Å². The number of anilines is 2. The van der Waals surface area contributed by atoms with E-state index in [1.807, 2.05) is 11.8 Å². The first-order chi connectivity index (χ1) is 9.98. The maximum atomic E-state index is 12.2. The Bertz CT molecular complexity index is 466. The molecule has 1 saturated heterocycles. The predicted octanol–water partition coefficient (Wildman–Crippen LogP) is 1.08. The molecule has 1 aromatic heterocycles. The van der Waals surface area contributed by atoms with Gasteiger partial charge in [-0.1, -0.05) is 0 Å². The molecule has 1 aromatic rings. The van der Waals surface area contributed by atoms with Crippen LogP contribution in [0.3, 0.4) is 0 Å². The molecule has 1 N–H and O–H groups in total. The summed E-state index contributed by atoms with van der Waals surface area (Å²) in [6.45, 7) is 3.08. The van der Waals surface area contributed by atoms with Gasteiger partial charge in [-0.2, -0.15) is 28.1 Å². The zero-order valence-electron chi connectivity index (χ0n) is 11.5. The highest BCUT2D eigenvalue weighted by Gasteiger charge is 2.29. The van der Waals surface area contributed by atoms with Gasteiger partial charge < -0.3 is 19.7 Å². The molecule has 0 unspecified atom stereocenters. The molecular weight excluding hydrogens is 291 g/mol. The second-order valence-electron chi connectivity index (χ2n) is 4.28. The summed E-state index contributed by atoms with van der Waals surface area (Å²) in [6, 6.07) is -0.347. The number of nitrogens with one attached hydrogen (secondary N) is 1. The van der Waals surface area contributed by atoms with Crippen LogP contribution in [0.4, 0.5) is 25.1 Å². The minimum Gasteiger partial charge on any atom is -0.454 e. The van der Waals surface area contributed by atoms with E-state index in [2.05, 4.69) is 25.0 Å². The molecule has 0 radical (unpaired) electrons. The lowest BCUT2D eigenvalue weighted by molar-refractivity contribution is -0.154. The van der Waals surface area contributed by atoms with Crippen molar-refractivity contribution in [1.29, 1.82) is 0 Å². The number of hydrogen-bond donors (Lipinski definition) is 1. The lowest BCUT2D eigenvalue weighted by atomic mass is 10.4. The highest BCUT2D eigenvalue weighted by molar-refractivity contribution is 5.38. The highest BCUT2D eigenvalue weighted by atomic mass is 19.4. The molecule has 21 heavy (non-hydrogen) atoms. The first kappa shape index (κ1) is 15.5. The van der Waals surface area contributed by atoms with Crippen molar-refractivity contribution in [2.24, 2.45) is 0 Å². The smallest absolute Gasteiger partial charge is 0.422 e. The van der Waals surface area contributed by atoms with Gasteiger partial charge in [-0.25, -0.2) is 0 Å². The summed E-state index contributed by atoms with van der Waals surface area (Å²) in [5, 5.41) is 2.84. The van der Waals surface area contributed by atoms with Crippen LogP contribution in [0.5, 0.6) is 6.01 Å². The second-order valence-corrected chi connectivity index (χ2v) is 4.28. The molecule has 1 aliphatic heterocycles. The zero-order chi connectivity index (χ0) is 15.3. The molecule has 2 rings (SSSR count). The van der Waals surface area contributed by atoms with E-state index in [0.29, 0.717) is 32.8 Å². The molecule has 0 saturated carbocycles. The lowest BCUT2D eigenvalue weighted by Gasteiger charge is -2.27. The largest absolute Gasteiger partial charge is 0.454 e. The third kappa shape index (κ3) is 4.88. The Labute approximate surface area is 119 Å². The van der Waals surface area contributed by atoms with Crippen LogP contribution in [0.1, 0.15) is 6.92 Å². The van der Waals surface area contributed by atoms with Crippen molar-refractivity contribution in [3.63, 3.8) is 0 Å². The normalized spacial score (nSPS) is 15.9. The molecule has 1 aliphatic rings. The molecule has 1 fully saturated rings. The average Bonchev–Trinajstić information content (AvgIpc) is 2.46. The van der Waals surface area contributed by atoms with Crippen molar-refractivity contribution in [3.05, 3.63) is 0 Å². The van der Waals surface area contributed by atoms with E-state index in [0.717, 1.165) is 0 Å². The van der Waals surface area contributed by atoms with Crippen LogP contribution in [0, 0.1) is 0 Å². The molecule has 0 amide bonds. The molecule has 2 heterocycles. The fourth-order valence-electron chi connectivity index (χ4n) is 1.70. The minimum atomic E-state index is -4.44. The fraction of sp³-hybridized carbons (Fsp3) is 0.727. The average molecular weight is 307 g/mol. The summed E-state index contributed by atoms with van der Waals surface area (Å²) in [6.07, 6.45) is -4.44. The molecule has 0 bridgehead atoms. The SMILES string of the molecule is CCNc1nc(OCC(F)(F)F)nc(N2CCOCC2)n1. The summed E-state index contributed by atoms with van der Waals surface area (Å²) >= 11 is 0. The Balaban J connectivity index is 2.16. The Morgan fingerprint density at radius 1 is 1.24 bits per heavy atom. The number of nitrogens with zero attached hydrogens (tertiary/aromatic N) is 4. The van der Waals surface area contributed by atoms with Crippen LogP contribution in [0.15, 0.2) is 0 Å². The number of morpholine rings is 1. The predicted molar refractivity (Wildman–Crippen MR) is 68.6 cm³/mol. The summed E-state index contributed by atoms with van der Waals surface area (Å²) in [5.74, 6) is 0.465. The van der Waals surface area contributed by atoms with Crippen molar-refractivity contribution in [2.75, 3.05) is 49.7 Å². The van der Waals surface area contributed by atoms with Crippen molar-refractivity contribution >= 4 is 11.9 Å². The van der Waals surface area contributed by atoms with Gasteiger partial charge in [-0.05, 0) is 6.92 Å². The van der Waals surface area contributed by atoms with Crippen LogP contribution in [-0.2, 0) is 4.74 Å². The summed E-state index contributed by atoms with van der Waals surface area (Å²) in [5.41, 5.74) is 0. The van der Waals surface area contributed by atoms with Gasteiger partial charge in [0.25, 0.3) is 0 Å². The second kappa shape index (κ2) is 6.74. The summed E-state index contributed by atoms with van der Waals surface area (Å²) < 4.78 is 46.4. The van der Waals surface area contributed by atoms with E-state index in [4.69, 9.17) is 4.74 Å². The quantitative estimate of drug-likeness (QED) is 0.872. The summed E-state index contributed by atoms with van der Waals surface area (Å²) in [4.78, 5) is 13.7. The molecule has 0 atom stereocenters.